The predicted molar refractivity (Wildman–Crippen MR) is 99.0 cm³/mol. The maximum absolute atomic E-state index is 5.39. The largest absolute Gasteiger partial charge is 0.341 e. The molecule has 0 bridgehead atoms. The standard InChI is InChI=1S/C18H20N6OS/c1-2-6-13(7-3-1)16-19-15(22-25-16)12-26-18-21-20-17(23-10-4-5-11-23)24(18)14-8-9-14/h1-3,6-7,14H,4-5,8-12H2. The summed E-state index contributed by atoms with van der Waals surface area (Å²) in [4.78, 5) is 6.86. The fourth-order valence-corrected chi connectivity index (χ4v) is 4.14. The summed E-state index contributed by atoms with van der Waals surface area (Å²) in [7, 11) is 0. The van der Waals surface area contributed by atoms with Gasteiger partial charge in [0.15, 0.2) is 11.0 Å². The third-order valence-electron chi connectivity index (χ3n) is 4.77. The number of nitrogens with zero attached hydrogens (tertiary/aromatic N) is 6. The fourth-order valence-electron chi connectivity index (χ4n) is 3.29. The third-order valence-corrected chi connectivity index (χ3v) is 5.71. The van der Waals surface area contributed by atoms with E-state index in [0.29, 0.717) is 23.5 Å². The summed E-state index contributed by atoms with van der Waals surface area (Å²) >= 11 is 1.63. The van der Waals surface area contributed by atoms with Crippen molar-refractivity contribution in [3.8, 4) is 11.5 Å². The lowest BCUT2D eigenvalue weighted by Gasteiger charge is -2.17. The summed E-state index contributed by atoms with van der Waals surface area (Å²) in [5, 5.41) is 14.0. The van der Waals surface area contributed by atoms with Gasteiger partial charge in [-0.1, -0.05) is 35.1 Å². The van der Waals surface area contributed by atoms with Crippen molar-refractivity contribution >= 4 is 17.7 Å². The molecule has 5 rings (SSSR count). The second kappa shape index (κ2) is 6.75. The van der Waals surface area contributed by atoms with Crippen molar-refractivity contribution in [2.24, 2.45) is 0 Å². The van der Waals surface area contributed by atoms with Crippen LogP contribution in [0.2, 0.25) is 0 Å². The number of aromatic nitrogens is 5. The van der Waals surface area contributed by atoms with Gasteiger partial charge in [-0.2, -0.15) is 4.98 Å². The van der Waals surface area contributed by atoms with E-state index in [-0.39, 0.29) is 0 Å². The van der Waals surface area contributed by atoms with E-state index < -0.39 is 0 Å². The van der Waals surface area contributed by atoms with E-state index in [4.69, 9.17) is 4.52 Å². The van der Waals surface area contributed by atoms with Crippen molar-refractivity contribution in [3.05, 3.63) is 36.2 Å². The molecule has 2 fully saturated rings. The van der Waals surface area contributed by atoms with Crippen LogP contribution in [0.4, 0.5) is 5.95 Å². The Labute approximate surface area is 155 Å². The Balaban J connectivity index is 1.32. The molecule has 0 amide bonds. The molecule has 26 heavy (non-hydrogen) atoms. The lowest BCUT2D eigenvalue weighted by atomic mass is 10.2. The summed E-state index contributed by atoms with van der Waals surface area (Å²) in [5.74, 6) is 2.90. The Bertz CT molecular complexity index is 882. The van der Waals surface area contributed by atoms with Crippen LogP contribution in [0, 0.1) is 0 Å². The van der Waals surface area contributed by atoms with Gasteiger partial charge in [-0.3, -0.25) is 4.57 Å². The molecule has 1 aliphatic heterocycles. The minimum absolute atomic E-state index is 0.549. The van der Waals surface area contributed by atoms with Gasteiger partial charge in [0.1, 0.15) is 0 Å². The smallest absolute Gasteiger partial charge is 0.257 e. The highest BCUT2D eigenvalue weighted by atomic mass is 32.2. The Morgan fingerprint density at radius 2 is 1.88 bits per heavy atom. The first-order valence-corrected chi connectivity index (χ1v) is 10.1. The number of anilines is 1. The molecule has 1 saturated carbocycles. The van der Waals surface area contributed by atoms with Crippen LogP contribution in [0.1, 0.15) is 37.5 Å². The Morgan fingerprint density at radius 3 is 2.65 bits per heavy atom. The lowest BCUT2D eigenvalue weighted by molar-refractivity contribution is 0.425. The summed E-state index contributed by atoms with van der Waals surface area (Å²) in [6.07, 6.45) is 4.91. The summed E-state index contributed by atoms with van der Waals surface area (Å²) in [6.45, 7) is 2.17. The van der Waals surface area contributed by atoms with Gasteiger partial charge in [-0.15, -0.1) is 10.2 Å². The van der Waals surface area contributed by atoms with Crippen molar-refractivity contribution in [1.29, 1.82) is 0 Å². The van der Waals surface area contributed by atoms with Crippen molar-refractivity contribution < 1.29 is 4.52 Å². The highest BCUT2D eigenvalue weighted by Crippen LogP contribution is 2.41. The van der Waals surface area contributed by atoms with Crippen LogP contribution in [-0.4, -0.2) is 38.0 Å². The third kappa shape index (κ3) is 3.09. The van der Waals surface area contributed by atoms with Crippen molar-refractivity contribution in [3.63, 3.8) is 0 Å². The molecule has 7 nitrogen and oxygen atoms in total. The molecule has 3 aromatic rings. The molecule has 1 aliphatic carbocycles. The second-order valence-electron chi connectivity index (χ2n) is 6.75. The van der Waals surface area contributed by atoms with E-state index >= 15 is 0 Å². The van der Waals surface area contributed by atoms with Crippen molar-refractivity contribution in [2.75, 3.05) is 18.0 Å². The monoisotopic (exact) mass is 368 g/mol. The zero-order chi connectivity index (χ0) is 17.3. The summed E-state index contributed by atoms with van der Waals surface area (Å²) in [6, 6.07) is 10.4. The molecule has 0 radical (unpaired) electrons. The van der Waals surface area contributed by atoms with Crippen LogP contribution in [0.15, 0.2) is 40.0 Å². The molecule has 1 aromatic carbocycles. The maximum Gasteiger partial charge on any atom is 0.257 e. The van der Waals surface area contributed by atoms with Gasteiger partial charge in [0.2, 0.25) is 5.95 Å². The van der Waals surface area contributed by atoms with Gasteiger partial charge in [0, 0.05) is 24.7 Å². The molecule has 2 aliphatic rings. The van der Waals surface area contributed by atoms with Crippen LogP contribution in [0.25, 0.3) is 11.5 Å². The second-order valence-corrected chi connectivity index (χ2v) is 7.69. The van der Waals surface area contributed by atoms with E-state index in [2.05, 4.69) is 29.8 Å². The SMILES string of the molecule is c1ccc(-c2nc(CSc3nnc(N4CCCC4)n3C3CC3)no2)cc1. The molecule has 1 saturated heterocycles. The molecule has 8 heteroatoms. The lowest BCUT2D eigenvalue weighted by Crippen LogP contribution is -2.22. The number of thioether (sulfide) groups is 1. The van der Waals surface area contributed by atoms with Crippen LogP contribution in [-0.2, 0) is 5.75 Å². The van der Waals surface area contributed by atoms with Gasteiger partial charge in [0.05, 0.1) is 5.75 Å². The zero-order valence-corrected chi connectivity index (χ0v) is 15.2. The molecule has 0 N–H and O–H groups in total. The average Bonchev–Trinajstić information content (AvgIpc) is 3.10. The normalized spacial score (nSPS) is 17.2. The minimum Gasteiger partial charge on any atom is -0.341 e. The Morgan fingerprint density at radius 1 is 1.08 bits per heavy atom. The topological polar surface area (TPSA) is 72.9 Å². The zero-order valence-electron chi connectivity index (χ0n) is 14.4. The highest BCUT2D eigenvalue weighted by Gasteiger charge is 2.32. The number of hydrogen-bond donors (Lipinski definition) is 0. The van der Waals surface area contributed by atoms with E-state index in [9.17, 15) is 0 Å². The quantitative estimate of drug-likeness (QED) is 0.616. The Kier molecular flexibility index (Phi) is 4.12. The first-order valence-electron chi connectivity index (χ1n) is 9.09. The molecular weight excluding hydrogens is 348 g/mol. The highest BCUT2D eigenvalue weighted by molar-refractivity contribution is 7.98. The molecular formula is C18H20N6OS. The van der Waals surface area contributed by atoms with Gasteiger partial charge in [-0.25, -0.2) is 0 Å². The van der Waals surface area contributed by atoms with Crippen molar-refractivity contribution in [1.82, 2.24) is 24.9 Å². The molecule has 2 aromatic heterocycles. The average molecular weight is 368 g/mol. The Hall–Kier alpha value is -2.35. The molecule has 134 valence electrons. The van der Waals surface area contributed by atoms with E-state index in [1.807, 2.05) is 30.3 Å². The van der Waals surface area contributed by atoms with Crippen molar-refractivity contribution in [2.45, 2.75) is 42.6 Å². The van der Waals surface area contributed by atoms with Crippen LogP contribution in [0.3, 0.4) is 0 Å². The van der Waals surface area contributed by atoms with E-state index in [0.717, 1.165) is 29.8 Å². The fraction of sp³-hybridized carbons (Fsp3) is 0.444. The number of benzene rings is 1. The molecule has 3 heterocycles. The van der Waals surface area contributed by atoms with E-state index in [1.165, 1.54) is 25.7 Å². The van der Waals surface area contributed by atoms with Gasteiger partial charge in [0.25, 0.3) is 5.89 Å². The predicted octanol–water partition coefficient (Wildman–Crippen LogP) is 3.56. The maximum atomic E-state index is 5.39. The van der Waals surface area contributed by atoms with Crippen LogP contribution in [0.5, 0.6) is 0 Å². The van der Waals surface area contributed by atoms with Crippen LogP contribution < -0.4 is 4.90 Å². The van der Waals surface area contributed by atoms with Gasteiger partial charge >= 0.3 is 0 Å². The van der Waals surface area contributed by atoms with Crippen LogP contribution >= 0.6 is 11.8 Å². The van der Waals surface area contributed by atoms with E-state index in [1.54, 1.807) is 11.8 Å². The molecule has 0 spiro atoms. The molecule has 0 atom stereocenters. The number of rotatable bonds is 6. The first-order chi connectivity index (χ1) is 12.9. The molecule has 0 unspecified atom stereocenters. The summed E-state index contributed by atoms with van der Waals surface area (Å²) < 4.78 is 7.70. The van der Waals surface area contributed by atoms with Gasteiger partial charge in [-0.05, 0) is 37.8 Å². The number of hydrogen-bond acceptors (Lipinski definition) is 7. The minimum atomic E-state index is 0.549. The first kappa shape index (κ1) is 15.9. The van der Waals surface area contributed by atoms with Gasteiger partial charge < -0.3 is 9.42 Å². The summed E-state index contributed by atoms with van der Waals surface area (Å²) in [5.41, 5.74) is 0.939.